The van der Waals surface area contributed by atoms with Gasteiger partial charge in [-0.2, -0.15) is 0 Å². The number of benzene rings is 3. The quantitative estimate of drug-likeness (QED) is 0.397. The Hall–Kier alpha value is -2.09. The summed E-state index contributed by atoms with van der Waals surface area (Å²) in [5.41, 5.74) is 7.84. The lowest BCUT2D eigenvalue weighted by molar-refractivity contribution is -0.132. The Labute approximate surface area is 209 Å². The minimum atomic E-state index is -0.771. The summed E-state index contributed by atoms with van der Waals surface area (Å²) in [5.74, 6) is 2.06. The molecule has 0 heterocycles. The molecule has 0 amide bonds. The van der Waals surface area contributed by atoms with Crippen LogP contribution < -0.4 is 0 Å². The van der Waals surface area contributed by atoms with Gasteiger partial charge >= 0.3 is 0 Å². The second-order valence-electron chi connectivity index (χ2n) is 12.0. The van der Waals surface area contributed by atoms with Crippen molar-refractivity contribution in [2.45, 2.75) is 64.4 Å². The van der Waals surface area contributed by atoms with E-state index in [0.29, 0.717) is 11.8 Å². The van der Waals surface area contributed by atoms with Crippen molar-refractivity contribution >= 4 is 11.6 Å². The zero-order valence-electron chi connectivity index (χ0n) is 20.7. The predicted molar refractivity (Wildman–Crippen MR) is 142 cm³/mol. The van der Waals surface area contributed by atoms with Gasteiger partial charge in [-0.05, 0) is 106 Å². The van der Waals surface area contributed by atoms with E-state index in [1.54, 1.807) is 0 Å². The van der Waals surface area contributed by atoms with Crippen LogP contribution in [0.3, 0.4) is 0 Å². The van der Waals surface area contributed by atoms with Crippen molar-refractivity contribution in [3.05, 3.63) is 82.4 Å². The Morgan fingerprint density at radius 1 is 0.765 bits per heavy atom. The molecule has 0 spiro atoms. The van der Waals surface area contributed by atoms with Gasteiger partial charge in [0.05, 0.1) is 5.60 Å². The van der Waals surface area contributed by atoms with Crippen molar-refractivity contribution in [2.24, 2.45) is 23.7 Å². The van der Waals surface area contributed by atoms with Crippen LogP contribution in [0.5, 0.6) is 0 Å². The molecule has 3 aliphatic carbocycles. The molecule has 2 heteroatoms. The molecule has 2 bridgehead atoms. The monoisotopic (exact) mass is 470 g/mol. The van der Waals surface area contributed by atoms with E-state index in [1.807, 2.05) is 6.07 Å². The average molecular weight is 471 g/mol. The van der Waals surface area contributed by atoms with Gasteiger partial charge in [0.25, 0.3) is 0 Å². The van der Waals surface area contributed by atoms with E-state index in [2.05, 4.69) is 82.3 Å². The SMILES string of the molecule is CC1CC2CC(C)C(O)(c3ccccc3-c3ccc4c(c3)C(C)(C)c3ccc(Cl)cc3-4)C(C1)C2. The van der Waals surface area contributed by atoms with Crippen molar-refractivity contribution in [1.82, 2.24) is 0 Å². The molecule has 176 valence electrons. The number of fused-ring (bicyclic) bond motifs is 5. The average Bonchev–Trinajstić information content (AvgIpc) is 3.03. The van der Waals surface area contributed by atoms with Gasteiger partial charge in [0, 0.05) is 10.4 Å². The summed E-state index contributed by atoms with van der Waals surface area (Å²) < 4.78 is 0. The van der Waals surface area contributed by atoms with Gasteiger partial charge < -0.3 is 5.11 Å². The molecule has 0 radical (unpaired) electrons. The molecular formula is C32H35ClO. The number of halogens is 1. The molecule has 3 aromatic rings. The highest BCUT2D eigenvalue weighted by Crippen LogP contribution is 2.56. The smallest absolute Gasteiger partial charge is 0.0956 e. The third-order valence-electron chi connectivity index (χ3n) is 9.41. The molecule has 1 N–H and O–H groups in total. The fourth-order valence-electron chi connectivity index (χ4n) is 7.84. The molecule has 0 saturated heterocycles. The van der Waals surface area contributed by atoms with E-state index in [4.69, 9.17) is 11.6 Å². The number of hydrogen-bond acceptors (Lipinski definition) is 1. The van der Waals surface area contributed by atoms with E-state index in [-0.39, 0.29) is 11.3 Å². The van der Waals surface area contributed by atoms with Crippen LogP contribution in [0.4, 0.5) is 0 Å². The predicted octanol–water partition coefficient (Wildman–Crippen LogP) is 8.59. The normalized spacial score (nSPS) is 31.1. The van der Waals surface area contributed by atoms with Gasteiger partial charge in [-0.3, -0.25) is 0 Å². The zero-order valence-corrected chi connectivity index (χ0v) is 21.5. The molecule has 2 fully saturated rings. The lowest BCUT2D eigenvalue weighted by Crippen LogP contribution is -2.49. The van der Waals surface area contributed by atoms with E-state index in [0.717, 1.165) is 35.8 Å². The lowest BCUT2D eigenvalue weighted by atomic mass is 9.55. The van der Waals surface area contributed by atoms with Gasteiger partial charge in [0.1, 0.15) is 0 Å². The highest BCUT2D eigenvalue weighted by Gasteiger charge is 2.51. The van der Waals surface area contributed by atoms with Crippen LogP contribution in [0, 0.1) is 23.7 Å². The first-order valence-electron chi connectivity index (χ1n) is 13.0. The van der Waals surface area contributed by atoms with Crippen LogP contribution in [0.2, 0.25) is 5.02 Å². The molecule has 34 heavy (non-hydrogen) atoms. The van der Waals surface area contributed by atoms with Gasteiger partial charge in [0.2, 0.25) is 0 Å². The summed E-state index contributed by atoms with van der Waals surface area (Å²) in [7, 11) is 0. The van der Waals surface area contributed by atoms with Crippen LogP contribution in [-0.2, 0) is 11.0 Å². The lowest BCUT2D eigenvalue weighted by Gasteiger charge is -2.52. The van der Waals surface area contributed by atoms with Gasteiger partial charge in [-0.1, -0.05) is 81.8 Å². The number of hydrogen-bond donors (Lipinski definition) is 1. The summed E-state index contributed by atoms with van der Waals surface area (Å²) in [6.45, 7) is 9.26. The molecule has 3 aromatic carbocycles. The van der Waals surface area contributed by atoms with Crippen molar-refractivity contribution in [3.8, 4) is 22.3 Å². The first kappa shape index (κ1) is 22.4. The summed E-state index contributed by atoms with van der Waals surface area (Å²) in [5, 5.41) is 13.2. The highest BCUT2D eigenvalue weighted by molar-refractivity contribution is 6.31. The summed E-state index contributed by atoms with van der Waals surface area (Å²) in [6.07, 6.45) is 4.73. The molecule has 3 aliphatic rings. The van der Waals surface area contributed by atoms with Gasteiger partial charge in [-0.25, -0.2) is 0 Å². The van der Waals surface area contributed by atoms with Crippen LogP contribution in [0.15, 0.2) is 60.7 Å². The van der Waals surface area contributed by atoms with Gasteiger partial charge in [-0.15, -0.1) is 0 Å². The van der Waals surface area contributed by atoms with Crippen molar-refractivity contribution in [2.75, 3.05) is 0 Å². The van der Waals surface area contributed by atoms with Crippen molar-refractivity contribution in [1.29, 1.82) is 0 Å². The Kier molecular flexibility index (Phi) is 5.07. The first-order chi connectivity index (χ1) is 16.2. The summed E-state index contributed by atoms with van der Waals surface area (Å²) in [4.78, 5) is 0. The van der Waals surface area contributed by atoms with Crippen LogP contribution in [-0.4, -0.2) is 5.11 Å². The van der Waals surface area contributed by atoms with Crippen LogP contribution >= 0.6 is 11.6 Å². The fourth-order valence-corrected chi connectivity index (χ4v) is 8.01. The zero-order chi connectivity index (χ0) is 23.8. The Balaban J connectivity index is 1.48. The topological polar surface area (TPSA) is 20.2 Å². The van der Waals surface area contributed by atoms with E-state index >= 15 is 0 Å². The highest BCUT2D eigenvalue weighted by atomic mass is 35.5. The second-order valence-corrected chi connectivity index (χ2v) is 12.4. The molecule has 1 nitrogen and oxygen atoms in total. The van der Waals surface area contributed by atoms with E-state index in [9.17, 15) is 5.11 Å². The Morgan fingerprint density at radius 3 is 2.38 bits per heavy atom. The van der Waals surface area contributed by atoms with Crippen molar-refractivity contribution < 1.29 is 5.11 Å². The standard InChI is InChI=1S/C32H35ClO/c1-19-13-21-15-20(2)32(34,23(14-19)16-21)29-8-6-5-7-25(29)22-9-11-26-27-18-24(33)10-12-28(27)31(3,4)30(26)17-22/h5-12,17-21,23,34H,13-16H2,1-4H3. The second kappa shape index (κ2) is 7.70. The molecule has 2 saturated carbocycles. The van der Waals surface area contributed by atoms with E-state index in [1.165, 1.54) is 39.8 Å². The number of rotatable bonds is 2. The van der Waals surface area contributed by atoms with Crippen LogP contribution in [0.1, 0.15) is 70.1 Å². The van der Waals surface area contributed by atoms with Crippen LogP contribution in [0.25, 0.3) is 22.3 Å². The molecular weight excluding hydrogens is 436 g/mol. The summed E-state index contributed by atoms with van der Waals surface area (Å²) >= 11 is 6.37. The molecule has 6 rings (SSSR count). The maximum absolute atomic E-state index is 12.4. The van der Waals surface area contributed by atoms with Gasteiger partial charge in [0.15, 0.2) is 0 Å². The fraction of sp³-hybridized carbons (Fsp3) is 0.438. The molecule has 5 atom stereocenters. The number of aliphatic hydroxyl groups is 1. The third kappa shape index (κ3) is 3.16. The minimum absolute atomic E-state index is 0.0821. The summed E-state index contributed by atoms with van der Waals surface area (Å²) in [6, 6.07) is 21.8. The third-order valence-corrected chi connectivity index (χ3v) is 9.64. The van der Waals surface area contributed by atoms with Crippen molar-refractivity contribution in [3.63, 3.8) is 0 Å². The molecule has 0 aromatic heterocycles. The molecule has 5 unspecified atom stereocenters. The maximum atomic E-state index is 12.4. The minimum Gasteiger partial charge on any atom is -0.385 e. The maximum Gasteiger partial charge on any atom is 0.0956 e. The molecule has 0 aliphatic heterocycles. The largest absolute Gasteiger partial charge is 0.385 e. The van der Waals surface area contributed by atoms with E-state index < -0.39 is 5.60 Å². The Bertz CT molecular complexity index is 1270. The first-order valence-corrected chi connectivity index (χ1v) is 13.3. The Morgan fingerprint density at radius 2 is 1.56 bits per heavy atom.